The SMILES string of the molecule is Cl.NCC(=O)Nc1cccc(NC(=O)C2CC2)c1. The summed E-state index contributed by atoms with van der Waals surface area (Å²) in [5.74, 6) is -0.0414. The van der Waals surface area contributed by atoms with Gasteiger partial charge in [0.15, 0.2) is 0 Å². The van der Waals surface area contributed by atoms with Gasteiger partial charge in [-0.05, 0) is 31.0 Å². The van der Waals surface area contributed by atoms with Gasteiger partial charge >= 0.3 is 0 Å². The second-order valence-corrected chi connectivity index (χ2v) is 4.10. The molecule has 1 aliphatic rings. The third kappa shape index (κ3) is 4.01. The van der Waals surface area contributed by atoms with E-state index >= 15 is 0 Å². The van der Waals surface area contributed by atoms with E-state index < -0.39 is 0 Å². The Balaban J connectivity index is 0.00000162. The Bertz CT molecular complexity index is 447. The summed E-state index contributed by atoms with van der Waals surface area (Å²) in [6.07, 6.45) is 1.94. The average molecular weight is 270 g/mol. The van der Waals surface area contributed by atoms with Crippen LogP contribution in [0.5, 0.6) is 0 Å². The normalized spacial score (nSPS) is 13.4. The number of carbonyl (C=O) groups excluding carboxylic acids is 2. The molecule has 0 spiro atoms. The molecule has 18 heavy (non-hydrogen) atoms. The number of carbonyl (C=O) groups is 2. The Morgan fingerprint density at radius 2 is 1.83 bits per heavy atom. The van der Waals surface area contributed by atoms with Gasteiger partial charge in [-0.3, -0.25) is 9.59 Å². The van der Waals surface area contributed by atoms with Crippen LogP contribution in [0, 0.1) is 5.92 Å². The predicted octanol–water partition coefficient (Wildman–Crippen LogP) is 1.35. The molecule has 0 heterocycles. The van der Waals surface area contributed by atoms with Gasteiger partial charge in [0.05, 0.1) is 6.54 Å². The highest BCUT2D eigenvalue weighted by molar-refractivity contribution is 5.96. The van der Waals surface area contributed by atoms with Crippen LogP contribution < -0.4 is 16.4 Å². The first-order valence-corrected chi connectivity index (χ1v) is 5.60. The third-order valence-electron chi connectivity index (χ3n) is 2.55. The summed E-state index contributed by atoms with van der Waals surface area (Å²) in [7, 11) is 0. The van der Waals surface area contributed by atoms with Gasteiger partial charge in [0.1, 0.15) is 0 Å². The van der Waals surface area contributed by atoms with Gasteiger partial charge in [-0.15, -0.1) is 12.4 Å². The maximum atomic E-state index is 11.5. The molecule has 2 amide bonds. The third-order valence-corrected chi connectivity index (χ3v) is 2.55. The molecular weight excluding hydrogens is 254 g/mol. The summed E-state index contributed by atoms with van der Waals surface area (Å²) in [4.78, 5) is 22.7. The lowest BCUT2D eigenvalue weighted by atomic mass is 10.2. The number of benzene rings is 1. The van der Waals surface area contributed by atoms with Crippen LogP contribution in [0.25, 0.3) is 0 Å². The fraction of sp³-hybridized carbons (Fsp3) is 0.333. The summed E-state index contributed by atoms with van der Waals surface area (Å²) in [6.45, 7) is -0.0569. The number of nitrogens with one attached hydrogen (secondary N) is 2. The topological polar surface area (TPSA) is 84.2 Å². The van der Waals surface area contributed by atoms with Gasteiger partial charge in [0.2, 0.25) is 11.8 Å². The molecule has 1 aromatic carbocycles. The van der Waals surface area contributed by atoms with Crippen LogP contribution in [-0.4, -0.2) is 18.4 Å². The van der Waals surface area contributed by atoms with Crippen LogP contribution in [0.15, 0.2) is 24.3 Å². The van der Waals surface area contributed by atoms with Crippen molar-refractivity contribution in [2.75, 3.05) is 17.2 Å². The zero-order chi connectivity index (χ0) is 12.3. The van der Waals surface area contributed by atoms with Crippen LogP contribution in [-0.2, 0) is 9.59 Å². The van der Waals surface area contributed by atoms with E-state index in [-0.39, 0.29) is 36.7 Å². The van der Waals surface area contributed by atoms with Crippen molar-refractivity contribution < 1.29 is 9.59 Å². The molecule has 6 heteroatoms. The lowest BCUT2D eigenvalue weighted by Gasteiger charge is -2.07. The summed E-state index contributed by atoms with van der Waals surface area (Å²) in [6, 6.07) is 7.03. The van der Waals surface area contributed by atoms with E-state index in [4.69, 9.17) is 5.73 Å². The van der Waals surface area contributed by atoms with E-state index in [2.05, 4.69) is 10.6 Å². The van der Waals surface area contributed by atoms with Crippen molar-refractivity contribution in [3.8, 4) is 0 Å². The van der Waals surface area contributed by atoms with Gasteiger partial charge in [0, 0.05) is 17.3 Å². The highest BCUT2D eigenvalue weighted by Crippen LogP contribution is 2.30. The first kappa shape index (κ1) is 14.5. The molecule has 5 nitrogen and oxygen atoms in total. The molecule has 0 aromatic heterocycles. The molecule has 0 saturated heterocycles. The van der Waals surface area contributed by atoms with E-state index in [1.54, 1.807) is 24.3 Å². The fourth-order valence-corrected chi connectivity index (χ4v) is 1.48. The van der Waals surface area contributed by atoms with E-state index in [0.29, 0.717) is 11.4 Å². The molecule has 98 valence electrons. The van der Waals surface area contributed by atoms with Gasteiger partial charge in [-0.1, -0.05) is 6.07 Å². The Kier molecular flexibility index (Phi) is 5.12. The van der Waals surface area contributed by atoms with Crippen LogP contribution >= 0.6 is 12.4 Å². The molecule has 0 aliphatic heterocycles. The number of hydrogen-bond acceptors (Lipinski definition) is 3. The lowest BCUT2D eigenvalue weighted by molar-refractivity contribution is -0.117. The van der Waals surface area contributed by atoms with Gasteiger partial charge in [-0.25, -0.2) is 0 Å². The molecule has 0 unspecified atom stereocenters. The van der Waals surface area contributed by atoms with Gasteiger partial charge in [0.25, 0.3) is 0 Å². The maximum Gasteiger partial charge on any atom is 0.238 e. The van der Waals surface area contributed by atoms with Crippen molar-refractivity contribution in [3.63, 3.8) is 0 Å². The average Bonchev–Trinajstić information content (AvgIpc) is 3.13. The van der Waals surface area contributed by atoms with E-state index in [9.17, 15) is 9.59 Å². The molecule has 4 N–H and O–H groups in total. The van der Waals surface area contributed by atoms with E-state index in [0.717, 1.165) is 12.8 Å². The molecule has 0 atom stereocenters. The van der Waals surface area contributed by atoms with Crippen LogP contribution in [0.1, 0.15) is 12.8 Å². The first-order valence-electron chi connectivity index (χ1n) is 5.60. The van der Waals surface area contributed by atoms with Crippen molar-refractivity contribution in [1.82, 2.24) is 0 Å². The van der Waals surface area contributed by atoms with Crippen molar-refractivity contribution in [2.45, 2.75) is 12.8 Å². The zero-order valence-electron chi connectivity index (χ0n) is 9.81. The van der Waals surface area contributed by atoms with E-state index in [1.807, 2.05) is 0 Å². The smallest absolute Gasteiger partial charge is 0.238 e. The summed E-state index contributed by atoms with van der Waals surface area (Å²) in [5.41, 5.74) is 6.53. The van der Waals surface area contributed by atoms with Crippen molar-refractivity contribution in [3.05, 3.63) is 24.3 Å². The summed E-state index contributed by atoms with van der Waals surface area (Å²) < 4.78 is 0. The first-order chi connectivity index (χ1) is 8.19. The number of halogens is 1. The Morgan fingerprint density at radius 1 is 1.22 bits per heavy atom. The van der Waals surface area contributed by atoms with Crippen molar-refractivity contribution in [2.24, 2.45) is 11.7 Å². The highest BCUT2D eigenvalue weighted by Gasteiger charge is 2.29. The molecule has 1 aromatic rings. The number of amides is 2. The van der Waals surface area contributed by atoms with Crippen LogP contribution in [0.4, 0.5) is 11.4 Å². The molecule has 1 fully saturated rings. The minimum Gasteiger partial charge on any atom is -0.326 e. The minimum absolute atomic E-state index is 0. The number of hydrogen-bond donors (Lipinski definition) is 3. The number of rotatable bonds is 4. The lowest BCUT2D eigenvalue weighted by Crippen LogP contribution is -2.22. The number of anilines is 2. The largest absolute Gasteiger partial charge is 0.326 e. The summed E-state index contributed by atoms with van der Waals surface area (Å²) >= 11 is 0. The quantitative estimate of drug-likeness (QED) is 0.771. The Hall–Kier alpha value is -1.59. The van der Waals surface area contributed by atoms with Crippen LogP contribution in [0.3, 0.4) is 0 Å². The van der Waals surface area contributed by atoms with Crippen molar-refractivity contribution in [1.29, 1.82) is 0 Å². The highest BCUT2D eigenvalue weighted by atomic mass is 35.5. The van der Waals surface area contributed by atoms with E-state index in [1.165, 1.54) is 0 Å². The monoisotopic (exact) mass is 269 g/mol. The maximum absolute atomic E-state index is 11.5. The standard InChI is InChI=1S/C12H15N3O2.ClH/c13-7-11(16)14-9-2-1-3-10(6-9)15-12(17)8-4-5-8;/h1-3,6,8H,4-5,7,13H2,(H,14,16)(H,15,17);1H. The second kappa shape index (κ2) is 6.37. The zero-order valence-corrected chi connectivity index (χ0v) is 10.6. The summed E-state index contributed by atoms with van der Waals surface area (Å²) in [5, 5.41) is 5.45. The number of nitrogens with two attached hydrogens (primary N) is 1. The fourth-order valence-electron chi connectivity index (χ4n) is 1.48. The Labute approximate surface area is 112 Å². The second-order valence-electron chi connectivity index (χ2n) is 4.10. The van der Waals surface area contributed by atoms with Gasteiger partial charge < -0.3 is 16.4 Å². The molecule has 2 rings (SSSR count). The predicted molar refractivity (Wildman–Crippen MR) is 72.7 cm³/mol. The van der Waals surface area contributed by atoms with Gasteiger partial charge in [-0.2, -0.15) is 0 Å². The molecule has 1 saturated carbocycles. The molecule has 0 bridgehead atoms. The molecule has 1 aliphatic carbocycles. The molecule has 0 radical (unpaired) electrons. The minimum atomic E-state index is -0.254. The van der Waals surface area contributed by atoms with Crippen molar-refractivity contribution >= 4 is 35.6 Å². The Morgan fingerprint density at radius 3 is 2.39 bits per heavy atom. The van der Waals surface area contributed by atoms with Crippen LogP contribution in [0.2, 0.25) is 0 Å². The molecular formula is C12H16ClN3O2.